The number of primary amides is 1. The molecule has 0 spiro atoms. The summed E-state index contributed by atoms with van der Waals surface area (Å²) in [6.45, 7) is 7.00. The van der Waals surface area contributed by atoms with Gasteiger partial charge in [-0.05, 0) is 30.5 Å². The maximum absolute atomic E-state index is 12.7. The van der Waals surface area contributed by atoms with Crippen molar-refractivity contribution in [2.75, 3.05) is 20.2 Å². The normalized spacial score (nSPS) is 19.2. The number of nitrogens with zero attached hydrogens (tertiary/aromatic N) is 1. The van der Waals surface area contributed by atoms with Crippen molar-refractivity contribution in [3.63, 3.8) is 0 Å². The van der Waals surface area contributed by atoms with Crippen molar-refractivity contribution < 1.29 is 19.1 Å². The number of carbonyl (C=O) groups excluding carboxylic acids is 2. The van der Waals surface area contributed by atoms with Gasteiger partial charge in [0.05, 0.1) is 13.0 Å². The maximum atomic E-state index is 12.7. The van der Waals surface area contributed by atoms with Gasteiger partial charge in [0.25, 0.3) is 0 Å². The monoisotopic (exact) mass is 348 g/mol. The van der Waals surface area contributed by atoms with Crippen molar-refractivity contribution >= 4 is 12.0 Å². The molecule has 1 aromatic rings. The van der Waals surface area contributed by atoms with E-state index in [1.54, 1.807) is 7.11 Å². The van der Waals surface area contributed by atoms with Crippen LogP contribution in [0.3, 0.4) is 0 Å². The number of carbonyl (C=O) groups is 2. The number of rotatable bonds is 4. The van der Waals surface area contributed by atoms with E-state index in [1.807, 2.05) is 45.0 Å². The third-order valence-electron chi connectivity index (χ3n) is 4.48. The van der Waals surface area contributed by atoms with Crippen molar-refractivity contribution in [3.8, 4) is 5.75 Å². The van der Waals surface area contributed by atoms with Crippen molar-refractivity contribution in [1.82, 2.24) is 4.90 Å². The summed E-state index contributed by atoms with van der Waals surface area (Å²) in [4.78, 5) is 25.6. The van der Waals surface area contributed by atoms with Gasteiger partial charge in [-0.25, -0.2) is 4.79 Å². The molecule has 2 atom stereocenters. The molecule has 1 fully saturated rings. The van der Waals surface area contributed by atoms with Crippen molar-refractivity contribution in [2.45, 2.75) is 39.7 Å². The second-order valence-electron chi connectivity index (χ2n) is 7.58. The maximum Gasteiger partial charge on any atom is 0.314 e. The smallest absolute Gasteiger partial charge is 0.314 e. The molecule has 0 radical (unpaired) electrons. The van der Waals surface area contributed by atoms with E-state index >= 15 is 0 Å². The summed E-state index contributed by atoms with van der Waals surface area (Å²) >= 11 is 0. The van der Waals surface area contributed by atoms with Crippen LogP contribution in [0.4, 0.5) is 4.79 Å². The minimum atomic E-state index is -0.488. The Labute approximate surface area is 149 Å². The molecule has 0 unspecified atom stereocenters. The first-order valence-corrected chi connectivity index (χ1v) is 8.61. The summed E-state index contributed by atoms with van der Waals surface area (Å²) in [7, 11) is 1.61. The SMILES string of the molecule is COc1cccc([C@H](OC(=O)[C@@H]2CCCN(C(N)=O)C2)C(C)(C)C)c1. The molecule has 1 saturated heterocycles. The Bertz CT molecular complexity index is 624. The van der Waals surface area contributed by atoms with Crippen LogP contribution in [0.2, 0.25) is 0 Å². The van der Waals surface area contributed by atoms with Crippen LogP contribution in [0, 0.1) is 11.3 Å². The molecule has 6 nitrogen and oxygen atoms in total. The number of ether oxygens (including phenoxy) is 2. The van der Waals surface area contributed by atoms with Gasteiger partial charge in [-0.15, -0.1) is 0 Å². The zero-order chi connectivity index (χ0) is 18.6. The number of piperidine rings is 1. The fraction of sp³-hybridized carbons (Fsp3) is 0.579. The molecular weight excluding hydrogens is 320 g/mol. The Kier molecular flexibility index (Phi) is 5.93. The zero-order valence-electron chi connectivity index (χ0n) is 15.5. The van der Waals surface area contributed by atoms with Crippen LogP contribution < -0.4 is 10.5 Å². The molecule has 0 saturated carbocycles. The number of hydrogen-bond donors (Lipinski definition) is 1. The number of esters is 1. The number of urea groups is 1. The fourth-order valence-electron chi connectivity index (χ4n) is 3.13. The molecule has 25 heavy (non-hydrogen) atoms. The Morgan fingerprint density at radius 3 is 2.64 bits per heavy atom. The Hall–Kier alpha value is -2.24. The Balaban J connectivity index is 2.16. The first kappa shape index (κ1) is 19.1. The van der Waals surface area contributed by atoms with Gasteiger partial charge in [-0.3, -0.25) is 4.79 Å². The van der Waals surface area contributed by atoms with E-state index in [1.165, 1.54) is 4.90 Å². The lowest BCUT2D eigenvalue weighted by atomic mass is 9.84. The van der Waals surface area contributed by atoms with E-state index in [9.17, 15) is 9.59 Å². The molecule has 1 aliphatic rings. The van der Waals surface area contributed by atoms with E-state index < -0.39 is 12.1 Å². The summed E-state index contributed by atoms with van der Waals surface area (Å²) < 4.78 is 11.2. The molecule has 2 N–H and O–H groups in total. The third-order valence-corrected chi connectivity index (χ3v) is 4.48. The second-order valence-corrected chi connectivity index (χ2v) is 7.58. The van der Waals surface area contributed by atoms with Gasteiger partial charge < -0.3 is 20.1 Å². The average Bonchev–Trinajstić information content (AvgIpc) is 2.58. The van der Waals surface area contributed by atoms with Crippen LogP contribution in [0.15, 0.2) is 24.3 Å². The third kappa shape index (κ3) is 4.87. The predicted molar refractivity (Wildman–Crippen MR) is 95.2 cm³/mol. The first-order chi connectivity index (χ1) is 11.7. The highest BCUT2D eigenvalue weighted by Gasteiger charge is 2.35. The van der Waals surface area contributed by atoms with Crippen LogP contribution in [-0.4, -0.2) is 37.1 Å². The summed E-state index contributed by atoms with van der Waals surface area (Å²) in [5, 5.41) is 0. The Morgan fingerprint density at radius 1 is 1.32 bits per heavy atom. The van der Waals surface area contributed by atoms with E-state index in [2.05, 4.69) is 0 Å². The predicted octanol–water partition coefficient (Wildman–Crippen LogP) is 3.12. The standard InChI is InChI=1S/C19H28N2O4/c1-19(2,3)16(13-7-5-9-15(11-13)24-4)25-17(22)14-8-6-10-21(12-14)18(20)23/h5,7,9,11,14,16H,6,8,10,12H2,1-4H3,(H2,20,23)/t14-,16+/m1/s1. The van der Waals surface area contributed by atoms with Gasteiger partial charge >= 0.3 is 12.0 Å². The molecule has 1 heterocycles. The largest absolute Gasteiger partial charge is 0.497 e. The van der Waals surface area contributed by atoms with Crippen LogP contribution in [0.25, 0.3) is 0 Å². The average molecular weight is 348 g/mol. The van der Waals surface area contributed by atoms with E-state index in [-0.39, 0.29) is 17.3 Å². The summed E-state index contributed by atoms with van der Waals surface area (Å²) in [5.74, 6) is 0.103. The highest BCUT2D eigenvalue weighted by molar-refractivity contribution is 5.76. The molecule has 1 aliphatic heterocycles. The van der Waals surface area contributed by atoms with Crippen molar-refractivity contribution in [3.05, 3.63) is 29.8 Å². The van der Waals surface area contributed by atoms with Gasteiger partial charge in [0, 0.05) is 18.5 Å². The second kappa shape index (κ2) is 7.76. The van der Waals surface area contributed by atoms with Gasteiger partial charge in [-0.1, -0.05) is 32.9 Å². The number of methoxy groups -OCH3 is 1. The van der Waals surface area contributed by atoms with E-state index in [0.29, 0.717) is 19.5 Å². The van der Waals surface area contributed by atoms with Gasteiger partial charge in [0.15, 0.2) is 0 Å². The van der Waals surface area contributed by atoms with Gasteiger partial charge in [0.2, 0.25) is 0 Å². The highest BCUT2D eigenvalue weighted by atomic mass is 16.5. The quantitative estimate of drug-likeness (QED) is 0.848. The molecule has 2 rings (SSSR count). The number of hydrogen-bond acceptors (Lipinski definition) is 4. The Morgan fingerprint density at radius 2 is 2.04 bits per heavy atom. The summed E-state index contributed by atoms with van der Waals surface area (Å²) in [5.41, 5.74) is 5.96. The minimum Gasteiger partial charge on any atom is -0.497 e. The molecule has 2 amide bonds. The van der Waals surface area contributed by atoms with Crippen molar-refractivity contribution in [1.29, 1.82) is 0 Å². The number of likely N-dealkylation sites (tertiary alicyclic amines) is 1. The van der Waals surface area contributed by atoms with Gasteiger partial charge in [-0.2, -0.15) is 0 Å². The molecule has 0 aliphatic carbocycles. The van der Waals surface area contributed by atoms with Gasteiger partial charge in [0.1, 0.15) is 11.9 Å². The molecule has 0 bridgehead atoms. The molecular formula is C19H28N2O4. The lowest BCUT2D eigenvalue weighted by Gasteiger charge is -2.34. The molecule has 1 aromatic carbocycles. The van der Waals surface area contributed by atoms with Crippen LogP contribution in [0.5, 0.6) is 5.75 Å². The highest BCUT2D eigenvalue weighted by Crippen LogP contribution is 2.38. The fourth-order valence-corrected chi connectivity index (χ4v) is 3.13. The minimum absolute atomic E-state index is 0.278. The van der Waals surface area contributed by atoms with E-state index in [0.717, 1.165) is 17.7 Å². The topological polar surface area (TPSA) is 81.9 Å². The summed E-state index contributed by atoms with van der Waals surface area (Å²) in [6.07, 6.45) is 1.05. The molecule has 6 heteroatoms. The zero-order valence-corrected chi connectivity index (χ0v) is 15.5. The summed E-state index contributed by atoms with van der Waals surface area (Å²) in [6, 6.07) is 7.08. The molecule has 0 aromatic heterocycles. The van der Waals surface area contributed by atoms with Crippen molar-refractivity contribution in [2.24, 2.45) is 17.1 Å². The lowest BCUT2D eigenvalue weighted by Crippen LogP contribution is -2.45. The van der Waals surface area contributed by atoms with E-state index in [4.69, 9.17) is 15.2 Å². The van der Waals surface area contributed by atoms with Crippen LogP contribution >= 0.6 is 0 Å². The van der Waals surface area contributed by atoms with Crippen LogP contribution in [0.1, 0.15) is 45.3 Å². The number of benzene rings is 1. The number of nitrogens with two attached hydrogens (primary N) is 1. The molecule has 138 valence electrons. The van der Waals surface area contributed by atoms with Crippen LogP contribution in [-0.2, 0) is 9.53 Å². The number of amides is 2. The lowest BCUT2D eigenvalue weighted by molar-refractivity contribution is -0.162. The first-order valence-electron chi connectivity index (χ1n) is 8.61.